The monoisotopic (exact) mass is 555 g/mol. The number of hydrogen-bond donors (Lipinski definition) is 5. The number of amides is 1. The fraction of sp³-hybridized carbons (Fsp3) is 0.300. The maximum absolute atomic E-state index is 13.1. The third-order valence-corrected chi connectivity index (χ3v) is 5.30. The van der Waals surface area contributed by atoms with Gasteiger partial charge in [-0.2, -0.15) is 0 Å². The van der Waals surface area contributed by atoms with E-state index >= 15 is 0 Å². The molecule has 10 nitrogen and oxygen atoms in total. The highest BCUT2D eigenvalue weighted by molar-refractivity contribution is 5.98. The Hall–Kier alpha value is -4.73. The van der Waals surface area contributed by atoms with Crippen LogP contribution in [-0.4, -0.2) is 44.7 Å². The molecule has 1 amide bonds. The summed E-state index contributed by atoms with van der Waals surface area (Å²) in [5, 5.41) is 31.0. The smallest absolute Gasteiger partial charge is 0.485 e. The van der Waals surface area contributed by atoms with Gasteiger partial charge in [-0.1, -0.05) is 92.9 Å². The van der Waals surface area contributed by atoms with Gasteiger partial charge in [0.15, 0.2) is 11.5 Å². The van der Waals surface area contributed by atoms with Crippen molar-refractivity contribution in [1.82, 2.24) is 5.32 Å². The van der Waals surface area contributed by atoms with Crippen molar-refractivity contribution >= 4 is 18.2 Å². The lowest BCUT2D eigenvalue weighted by Crippen LogP contribution is -2.32. The number of unbranched alkanes of at least 4 members (excludes halogenated alkanes) is 2. The maximum Gasteiger partial charge on any atom is 0.503 e. The summed E-state index contributed by atoms with van der Waals surface area (Å²) in [6.07, 6.45) is 0.743. The van der Waals surface area contributed by atoms with Crippen LogP contribution in [0.15, 0.2) is 78.9 Å². The van der Waals surface area contributed by atoms with E-state index in [-0.39, 0.29) is 11.9 Å². The molecule has 10 heteroatoms. The summed E-state index contributed by atoms with van der Waals surface area (Å²) in [5.74, 6) is 0.906. The van der Waals surface area contributed by atoms with Crippen molar-refractivity contribution < 1.29 is 44.3 Å². The van der Waals surface area contributed by atoms with E-state index < -0.39 is 12.3 Å². The van der Waals surface area contributed by atoms with Crippen molar-refractivity contribution in [2.24, 2.45) is 0 Å². The molecule has 3 rings (SSSR count). The Balaban J connectivity index is 0.000000883. The molecule has 0 bridgehead atoms. The van der Waals surface area contributed by atoms with E-state index in [1.807, 2.05) is 79.7 Å². The number of carboxylic acid groups (broad SMARTS) is 4. The average molecular weight is 556 g/mol. The summed E-state index contributed by atoms with van der Waals surface area (Å²) >= 11 is 0. The summed E-state index contributed by atoms with van der Waals surface area (Å²) in [5.41, 5.74) is 2.58. The van der Waals surface area contributed by atoms with E-state index in [2.05, 4.69) is 12.2 Å². The van der Waals surface area contributed by atoms with Crippen LogP contribution >= 0.6 is 0 Å². The van der Waals surface area contributed by atoms with Crippen LogP contribution < -0.4 is 14.8 Å². The molecule has 3 aromatic rings. The third kappa shape index (κ3) is 14.9. The maximum atomic E-state index is 13.1. The van der Waals surface area contributed by atoms with E-state index in [1.165, 1.54) is 12.8 Å². The second-order valence-electron chi connectivity index (χ2n) is 8.62. The van der Waals surface area contributed by atoms with Crippen LogP contribution in [-0.2, 0) is 13.2 Å². The molecule has 5 N–H and O–H groups in total. The summed E-state index contributed by atoms with van der Waals surface area (Å²) in [6.45, 7) is 4.99. The molecule has 0 aliphatic heterocycles. The molecule has 216 valence electrons. The van der Waals surface area contributed by atoms with Gasteiger partial charge in [0, 0.05) is 6.04 Å². The van der Waals surface area contributed by atoms with Crippen molar-refractivity contribution in [3.05, 3.63) is 95.6 Å². The highest BCUT2D eigenvalue weighted by atomic mass is 16.6. The molecule has 0 aliphatic rings. The zero-order chi connectivity index (χ0) is 29.8. The summed E-state index contributed by atoms with van der Waals surface area (Å²) < 4.78 is 12.2. The van der Waals surface area contributed by atoms with Gasteiger partial charge in [0.1, 0.15) is 13.2 Å². The molecule has 0 aromatic heterocycles. The first-order chi connectivity index (χ1) is 19.1. The Bertz CT molecular complexity index is 1130. The summed E-state index contributed by atoms with van der Waals surface area (Å²) in [6, 6.07) is 25.5. The molecule has 3 aromatic carbocycles. The minimum Gasteiger partial charge on any atom is -0.485 e. The number of carbonyl (C=O) groups is 3. The molecular formula is C30H37NO9. The van der Waals surface area contributed by atoms with Gasteiger partial charge in [-0.15, -0.1) is 0 Å². The topological polar surface area (TPSA) is 163 Å². The normalized spacial score (nSPS) is 10.4. The van der Waals surface area contributed by atoms with Crippen molar-refractivity contribution in [3.8, 4) is 11.5 Å². The number of para-hydroxylation sites is 1. The van der Waals surface area contributed by atoms with Gasteiger partial charge in [-0.3, -0.25) is 4.79 Å². The molecule has 40 heavy (non-hydrogen) atoms. The lowest BCUT2D eigenvalue weighted by Gasteiger charge is -2.18. The average Bonchev–Trinajstić information content (AvgIpc) is 2.91. The van der Waals surface area contributed by atoms with Gasteiger partial charge in [-0.05, 0) is 36.6 Å². The lowest BCUT2D eigenvalue weighted by molar-refractivity contribution is 0.0931. The van der Waals surface area contributed by atoms with Crippen LogP contribution in [0.4, 0.5) is 9.59 Å². The highest BCUT2D eigenvalue weighted by Gasteiger charge is 2.19. The number of benzene rings is 3. The van der Waals surface area contributed by atoms with Crippen LogP contribution in [0, 0.1) is 0 Å². The first kappa shape index (κ1) is 33.3. The Kier molecular flexibility index (Phi) is 16.1. The molecule has 0 spiro atoms. The standard InChI is InChI=1S/C28H33NO3.2CH2O3/c1-3-4-7-13-22(2)29-28(30)25-18-12-19-26(31-20-23-14-8-5-9-15-23)27(25)32-21-24-16-10-6-11-17-24;2*2-1(3)4/h5-6,8-12,14-19,22H,3-4,7,13,20-21H2,1-2H3,(H,29,30);2*(H2,2,3,4). The van der Waals surface area contributed by atoms with Gasteiger partial charge in [0.25, 0.3) is 5.91 Å². The van der Waals surface area contributed by atoms with E-state index in [0.29, 0.717) is 30.3 Å². The van der Waals surface area contributed by atoms with Crippen LogP contribution in [0.5, 0.6) is 11.5 Å². The molecule has 0 heterocycles. The second-order valence-corrected chi connectivity index (χ2v) is 8.62. The van der Waals surface area contributed by atoms with Crippen molar-refractivity contribution in [3.63, 3.8) is 0 Å². The SMILES string of the molecule is CCCCCC(C)NC(=O)c1cccc(OCc2ccccc2)c1OCc1ccccc1.O=C(O)O.O=C(O)O. The number of hydrogen-bond acceptors (Lipinski definition) is 5. The van der Waals surface area contributed by atoms with Gasteiger partial charge in [0.05, 0.1) is 5.56 Å². The molecule has 1 atom stereocenters. The quantitative estimate of drug-likeness (QED) is 0.148. The van der Waals surface area contributed by atoms with E-state index in [0.717, 1.165) is 24.0 Å². The fourth-order valence-corrected chi connectivity index (χ4v) is 3.50. The predicted molar refractivity (Wildman–Crippen MR) is 150 cm³/mol. The van der Waals surface area contributed by atoms with Crippen molar-refractivity contribution in [2.45, 2.75) is 58.8 Å². The lowest BCUT2D eigenvalue weighted by atomic mass is 10.1. The Labute approximate surface area is 233 Å². The molecular weight excluding hydrogens is 518 g/mol. The molecule has 1 unspecified atom stereocenters. The minimum atomic E-state index is -1.83. The summed E-state index contributed by atoms with van der Waals surface area (Å²) in [7, 11) is 0. The van der Waals surface area contributed by atoms with Crippen molar-refractivity contribution in [2.75, 3.05) is 0 Å². The summed E-state index contributed by atoms with van der Waals surface area (Å²) in [4.78, 5) is 30.2. The molecule has 0 fully saturated rings. The van der Waals surface area contributed by atoms with E-state index in [9.17, 15) is 4.79 Å². The van der Waals surface area contributed by atoms with Gasteiger partial charge in [-0.25, -0.2) is 9.59 Å². The Morgan fingerprint density at radius 3 is 1.73 bits per heavy atom. The van der Waals surface area contributed by atoms with Gasteiger partial charge < -0.3 is 35.2 Å². The van der Waals surface area contributed by atoms with Crippen LogP contribution in [0.1, 0.15) is 61.0 Å². The van der Waals surface area contributed by atoms with Gasteiger partial charge >= 0.3 is 12.3 Å². The van der Waals surface area contributed by atoms with Crippen LogP contribution in [0.3, 0.4) is 0 Å². The Morgan fingerprint density at radius 1 is 0.725 bits per heavy atom. The third-order valence-electron chi connectivity index (χ3n) is 5.30. The second kappa shape index (κ2) is 19.4. The number of carbonyl (C=O) groups excluding carboxylic acids is 1. The number of ether oxygens (including phenoxy) is 2. The largest absolute Gasteiger partial charge is 0.503 e. The minimum absolute atomic E-state index is 0.102. The molecule has 0 radical (unpaired) electrons. The van der Waals surface area contributed by atoms with E-state index in [4.69, 9.17) is 39.5 Å². The zero-order valence-corrected chi connectivity index (χ0v) is 22.7. The first-order valence-corrected chi connectivity index (χ1v) is 12.7. The Morgan fingerprint density at radius 2 is 1.23 bits per heavy atom. The number of rotatable bonds is 12. The van der Waals surface area contributed by atoms with Gasteiger partial charge in [0.2, 0.25) is 0 Å². The number of nitrogens with one attached hydrogen (secondary N) is 1. The highest BCUT2D eigenvalue weighted by Crippen LogP contribution is 2.33. The van der Waals surface area contributed by atoms with Crippen molar-refractivity contribution in [1.29, 1.82) is 0 Å². The molecule has 0 saturated heterocycles. The fourth-order valence-electron chi connectivity index (χ4n) is 3.50. The zero-order valence-electron chi connectivity index (χ0n) is 22.7. The van der Waals surface area contributed by atoms with Crippen LogP contribution in [0.25, 0.3) is 0 Å². The first-order valence-electron chi connectivity index (χ1n) is 12.7. The molecule has 0 saturated carbocycles. The predicted octanol–water partition coefficient (Wildman–Crippen LogP) is 6.99. The van der Waals surface area contributed by atoms with E-state index in [1.54, 1.807) is 6.07 Å². The molecule has 0 aliphatic carbocycles. The van der Waals surface area contributed by atoms with Crippen LogP contribution in [0.2, 0.25) is 0 Å².